The van der Waals surface area contributed by atoms with Gasteiger partial charge in [-0.1, -0.05) is 6.08 Å². The fourth-order valence-corrected chi connectivity index (χ4v) is 0.549. The third-order valence-electron chi connectivity index (χ3n) is 0.957. The first-order valence-electron chi connectivity index (χ1n) is 3.02. The Morgan fingerprint density at radius 1 is 1.67 bits per heavy atom. The van der Waals surface area contributed by atoms with Crippen LogP contribution in [0.5, 0.6) is 0 Å². The van der Waals surface area contributed by atoms with Gasteiger partial charge in [0, 0.05) is 13.2 Å². The van der Waals surface area contributed by atoms with E-state index in [9.17, 15) is 0 Å². The summed E-state index contributed by atoms with van der Waals surface area (Å²) in [6.45, 7) is 2.73. The Morgan fingerprint density at radius 2 is 2.33 bits per heavy atom. The molecule has 0 aliphatic heterocycles. The van der Waals surface area contributed by atoms with Crippen molar-refractivity contribution in [2.75, 3.05) is 20.2 Å². The van der Waals surface area contributed by atoms with Gasteiger partial charge in [0.2, 0.25) is 0 Å². The van der Waals surface area contributed by atoms with Gasteiger partial charge in [0.1, 0.15) is 0 Å². The maximum absolute atomic E-state index is 8.48. The van der Waals surface area contributed by atoms with Crippen molar-refractivity contribution in [2.24, 2.45) is 0 Å². The molecule has 0 saturated carbocycles. The minimum Gasteiger partial charge on any atom is -0.394 e. The summed E-state index contributed by atoms with van der Waals surface area (Å²) in [6, 6.07) is 0. The van der Waals surface area contributed by atoms with E-state index in [0.29, 0.717) is 6.54 Å². The van der Waals surface area contributed by atoms with E-state index in [0.717, 1.165) is 0 Å². The first-order chi connectivity index (χ1) is 4.35. The van der Waals surface area contributed by atoms with E-state index in [4.69, 9.17) is 5.11 Å². The van der Waals surface area contributed by atoms with Gasteiger partial charge in [-0.05, 0) is 6.92 Å². The van der Waals surface area contributed by atoms with Crippen LogP contribution in [-0.4, -0.2) is 30.3 Å². The van der Waals surface area contributed by atoms with Gasteiger partial charge in [0.25, 0.3) is 0 Å². The first-order valence-corrected chi connectivity index (χ1v) is 3.02. The molecule has 0 atom stereocenters. The normalized spacial score (nSPS) is 10.6. The number of hydrogen-bond donors (Lipinski definition) is 2. The van der Waals surface area contributed by atoms with Crippen molar-refractivity contribution in [3.63, 3.8) is 0 Å². The monoisotopic (exact) mass is 130 g/mol. The van der Waals surface area contributed by atoms with E-state index in [1.807, 2.05) is 26.2 Å². The molecule has 0 aliphatic carbocycles. The van der Waals surface area contributed by atoms with Crippen LogP contribution in [0.2, 0.25) is 0 Å². The highest BCUT2D eigenvalue weighted by Crippen LogP contribution is 1.80. The topological polar surface area (TPSA) is 35.5 Å². The molecule has 0 unspecified atom stereocenters. The summed E-state index contributed by atoms with van der Waals surface area (Å²) in [5, 5.41) is 10.3. The number of hydrogen-bond acceptors (Lipinski definition) is 3. The summed E-state index contributed by atoms with van der Waals surface area (Å²) in [6.07, 6.45) is 3.78. The number of nitrogens with one attached hydrogen (secondary N) is 1. The van der Waals surface area contributed by atoms with Gasteiger partial charge in [-0.15, -0.1) is 0 Å². The van der Waals surface area contributed by atoms with E-state index in [-0.39, 0.29) is 6.61 Å². The van der Waals surface area contributed by atoms with Crippen molar-refractivity contribution in [1.29, 1.82) is 0 Å². The van der Waals surface area contributed by atoms with Gasteiger partial charge >= 0.3 is 0 Å². The largest absolute Gasteiger partial charge is 0.394 e. The van der Waals surface area contributed by atoms with Gasteiger partial charge < -0.3 is 10.1 Å². The van der Waals surface area contributed by atoms with Gasteiger partial charge in [-0.25, -0.2) is 5.43 Å². The molecule has 54 valence electrons. The molecule has 3 nitrogen and oxygen atoms in total. The highest BCUT2D eigenvalue weighted by molar-refractivity contribution is 4.74. The van der Waals surface area contributed by atoms with E-state index in [2.05, 4.69) is 5.43 Å². The lowest BCUT2D eigenvalue weighted by atomic mass is 10.6. The minimum atomic E-state index is 0.172. The molecule has 0 aromatic rings. The van der Waals surface area contributed by atoms with Crippen LogP contribution in [0.4, 0.5) is 0 Å². The van der Waals surface area contributed by atoms with Crippen molar-refractivity contribution in [2.45, 2.75) is 6.92 Å². The van der Waals surface area contributed by atoms with E-state index >= 15 is 0 Å². The molecule has 0 heterocycles. The van der Waals surface area contributed by atoms with Gasteiger partial charge in [0.15, 0.2) is 0 Å². The molecule has 0 aromatic carbocycles. The molecular formula is C6H14N2O. The Bertz CT molecular complexity index is 83.1. The second-order valence-electron chi connectivity index (χ2n) is 1.62. The SMILES string of the molecule is C/C=C/N(CCO)NC. The van der Waals surface area contributed by atoms with Gasteiger partial charge in [0.05, 0.1) is 13.2 Å². The summed E-state index contributed by atoms with van der Waals surface area (Å²) >= 11 is 0. The molecule has 0 aliphatic rings. The summed E-state index contributed by atoms with van der Waals surface area (Å²) in [5.74, 6) is 0. The van der Waals surface area contributed by atoms with Crippen molar-refractivity contribution in [3.05, 3.63) is 12.3 Å². The minimum absolute atomic E-state index is 0.172. The number of allylic oxidation sites excluding steroid dienone is 1. The number of aliphatic hydroxyl groups excluding tert-OH is 1. The molecular weight excluding hydrogens is 116 g/mol. The summed E-state index contributed by atoms with van der Waals surface area (Å²) in [4.78, 5) is 0. The molecule has 2 N–H and O–H groups in total. The van der Waals surface area contributed by atoms with E-state index in [1.165, 1.54) is 0 Å². The lowest BCUT2D eigenvalue weighted by Gasteiger charge is -2.16. The van der Waals surface area contributed by atoms with Crippen molar-refractivity contribution < 1.29 is 5.11 Å². The van der Waals surface area contributed by atoms with Crippen LogP contribution in [0.1, 0.15) is 6.92 Å². The van der Waals surface area contributed by atoms with Crippen LogP contribution in [0.3, 0.4) is 0 Å². The molecule has 9 heavy (non-hydrogen) atoms. The summed E-state index contributed by atoms with van der Waals surface area (Å²) < 4.78 is 0. The quantitative estimate of drug-likeness (QED) is 0.524. The number of rotatable bonds is 4. The van der Waals surface area contributed by atoms with Crippen LogP contribution in [-0.2, 0) is 0 Å². The van der Waals surface area contributed by atoms with Gasteiger partial charge in [-0.2, -0.15) is 0 Å². The number of nitrogens with zero attached hydrogens (tertiary/aromatic N) is 1. The van der Waals surface area contributed by atoms with Crippen molar-refractivity contribution in [3.8, 4) is 0 Å². The maximum Gasteiger partial charge on any atom is 0.0622 e. The number of aliphatic hydroxyl groups is 1. The third kappa shape index (κ3) is 4.00. The Morgan fingerprint density at radius 3 is 2.67 bits per heavy atom. The maximum atomic E-state index is 8.48. The predicted octanol–water partition coefficient (Wildman–Crippen LogP) is -0.0513. The van der Waals surface area contributed by atoms with Crippen LogP contribution >= 0.6 is 0 Å². The van der Waals surface area contributed by atoms with Gasteiger partial charge in [-0.3, -0.25) is 0 Å². The molecule has 0 bridgehead atoms. The van der Waals surface area contributed by atoms with Crippen LogP contribution in [0.25, 0.3) is 0 Å². The van der Waals surface area contributed by atoms with E-state index < -0.39 is 0 Å². The smallest absolute Gasteiger partial charge is 0.0622 e. The molecule has 0 amide bonds. The van der Waals surface area contributed by atoms with Crippen LogP contribution in [0, 0.1) is 0 Å². The van der Waals surface area contributed by atoms with E-state index in [1.54, 1.807) is 5.01 Å². The molecule has 0 radical (unpaired) electrons. The average molecular weight is 130 g/mol. The summed E-state index contributed by atoms with van der Waals surface area (Å²) in [7, 11) is 1.82. The second kappa shape index (κ2) is 5.59. The Labute approximate surface area is 55.9 Å². The zero-order valence-corrected chi connectivity index (χ0v) is 5.96. The third-order valence-corrected chi connectivity index (χ3v) is 0.957. The Hall–Kier alpha value is -0.540. The molecule has 3 heteroatoms. The van der Waals surface area contributed by atoms with Crippen molar-refractivity contribution in [1.82, 2.24) is 10.4 Å². The standard InChI is InChI=1S/C6H14N2O/c1-3-4-8(7-2)5-6-9/h3-4,7,9H,5-6H2,1-2H3/b4-3+. The highest BCUT2D eigenvalue weighted by Gasteiger charge is 1.89. The zero-order chi connectivity index (χ0) is 7.11. The Balaban J connectivity index is 3.41. The molecule has 0 aromatic heterocycles. The molecule has 0 rings (SSSR count). The zero-order valence-electron chi connectivity index (χ0n) is 5.96. The number of hydrazine groups is 1. The average Bonchev–Trinajstić information content (AvgIpc) is 1.88. The first kappa shape index (κ1) is 8.46. The summed E-state index contributed by atoms with van der Waals surface area (Å²) in [5.41, 5.74) is 2.89. The molecule has 0 fully saturated rings. The van der Waals surface area contributed by atoms with Crippen molar-refractivity contribution >= 4 is 0 Å². The predicted molar refractivity (Wildman–Crippen MR) is 37.7 cm³/mol. The van der Waals surface area contributed by atoms with Crippen LogP contribution in [0.15, 0.2) is 12.3 Å². The second-order valence-corrected chi connectivity index (χ2v) is 1.62. The fraction of sp³-hybridized carbons (Fsp3) is 0.667. The molecule has 0 spiro atoms. The fourth-order valence-electron chi connectivity index (χ4n) is 0.549. The molecule has 0 saturated heterocycles. The Kier molecular flexibility index (Phi) is 5.26. The lowest BCUT2D eigenvalue weighted by molar-refractivity contribution is 0.206. The lowest BCUT2D eigenvalue weighted by Crippen LogP contribution is -2.32. The van der Waals surface area contributed by atoms with Crippen LogP contribution < -0.4 is 5.43 Å². The highest BCUT2D eigenvalue weighted by atomic mass is 16.3.